The summed E-state index contributed by atoms with van der Waals surface area (Å²) in [4.78, 5) is 44.3. The van der Waals surface area contributed by atoms with Crippen molar-refractivity contribution in [1.29, 1.82) is 0 Å². The highest BCUT2D eigenvalue weighted by molar-refractivity contribution is 6.39. The van der Waals surface area contributed by atoms with Crippen LogP contribution < -0.4 is 19.9 Å². The van der Waals surface area contributed by atoms with Crippen LogP contribution in [0.1, 0.15) is 59.4 Å². The maximum Gasteiger partial charge on any atom is 0.335 e. The van der Waals surface area contributed by atoms with Crippen LogP contribution in [0.15, 0.2) is 96.6 Å². The molecular formula is C37H32ClN3O4. The largest absolute Gasteiger partial charge is 0.493 e. The Bertz CT molecular complexity index is 1770. The third-order valence-electron chi connectivity index (χ3n) is 8.93. The summed E-state index contributed by atoms with van der Waals surface area (Å²) >= 11 is 6.26. The standard InChI is InChI=1S/C37H32ClN3O4/c1-2-45-33-14-13-26(38)19-25(33)20-32-35(42)39-37(44)41(36(32)43)27-21-30-28(23-9-5-3-6-10-23)15-17-40-18-16-29(31(22-27)34(30)40)24-11-7-4-8-12-24/h3-14,19-22,28-29H,2,15-18H2,1H3,(H,39,42,44)/b32-20+/t28-,29-/m1/s1. The van der Waals surface area contributed by atoms with Crippen molar-refractivity contribution in [3.63, 3.8) is 0 Å². The molecular weight excluding hydrogens is 586 g/mol. The Balaban J connectivity index is 1.39. The lowest BCUT2D eigenvalue weighted by molar-refractivity contribution is -0.122. The first kappa shape index (κ1) is 28.9. The smallest absolute Gasteiger partial charge is 0.335 e. The lowest BCUT2D eigenvalue weighted by Crippen LogP contribution is -2.54. The van der Waals surface area contributed by atoms with Gasteiger partial charge in [-0.2, -0.15) is 0 Å². The number of urea groups is 1. The first-order chi connectivity index (χ1) is 21.9. The number of imide groups is 2. The Morgan fingerprint density at radius 2 is 1.44 bits per heavy atom. The van der Waals surface area contributed by atoms with Crippen molar-refractivity contribution in [1.82, 2.24) is 5.32 Å². The fourth-order valence-electron chi connectivity index (χ4n) is 6.94. The van der Waals surface area contributed by atoms with E-state index in [0.29, 0.717) is 28.6 Å². The number of ether oxygens (including phenoxy) is 1. The van der Waals surface area contributed by atoms with E-state index in [1.165, 1.54) is 22.9 Å². The van der Waals surface area contributed by atoms with Crippen LogP contribution in [0.2, 0.25) is 5.02 Å². The van der Waals surface area contributed by atoms with Crippen molar-refractivity contribution in [2.45, 2.75) is 31.6 Å². The number of halogens is 1. The van der Waals surface area contributed by atoms with E-state index in [4.69, 9.17) is 16.3 Å². The number of hydrogen-bond donors (Lipinski definition) is 1. The minimum atomic E-state index is -0.776. The molecule has 45 heavy (non-hydrogen) atoms. The van der Waals surface area contributed by atoms with Crippen LogP contribution in [0, 0.1) is 0 Å². The lowest BCUT2D eigenvalue weighted by Gasteiger charge is -2.44. The van der Waals surface area contributed by atoms with Crippen LogP contribution in [0.3, 0.4) is 0 Å². The maximum absolute atomic E-state index is 14.1. The van der Waals surface area contributed by atoms with Gasteiger partial charge in [0, 0.05) is 41.2 Å². The molecule has 4 aromatic carbocycles. The van der Waals surface area contributed by atoms with E-state index < -0.39 is 17.8 Å². The molecule has 0 aromatic heterocycles. The van der Waals surface area contributed by atoms with Gasteiger partial charge in [-0.25, -0.2) is 9.69 Å². The molecule has 0 radical (unpaired) electrons. The average Bonchev–Trinajstić information content (AvgIpc) is 3.05. The Kier molecular flexibility index (Phi) is 7.63. The van der Waals surface area contributed by atoms with Gasteiger partial charge in [0.05, 0.1) is 12.3 Å². The van der Waals surface area contributed by atoms with Gasteiger partial charge in [0.25, 0.3) is 11.8 Å². The van der Waals surface area contributed by atoms with Crippen LogP contribution in [0.25, 0.3) is 6.08 Å². The average molecular weight is 618 g/mol. The molecule has 3 aliphatic rings. The van der Waals surface area contributed by atoms with Crippen molar-refractivity contribution in [3.05, 3.63) is 129 Å². The van der Waals surface area contributed by atoms with E-state index in [9.17, 15) is 14.4 Å². The number of anilines is 2. The summed E-state index contributed by atoms with van der Waals surface area (Å²) in [5.74, 6) is -0.808. The highest BCUT2D eigenvalue weighted by atomic mass is 35.5. The number of hydrogen-bond acceptors (Lipinski definition) is 5. The van der Waals surface area contributed by atoms with Crippen molar-refractivity contribution >= 4 is 46.9 Å². The fourth-order valence-corrected chi connectivity index (χ4v) is 7.12. The molecule has 1 N–H and O–H groups in total. The second-order valence-corrected chi connectivity index (χ2v) is 12.0. The van der Waals surface area contributed by atoms with Gasteiger partial charge in [0.2, 0.25) is 0 Å². The number of amides is 4. The van der Waals surface area contributed by atoms with Crippen molar-refractivity contribution in [2.24, 2.45) is 0 Å². The number of benzene rings is 4. The molecule has 7 nitrogen and oxygen atoms in total. The summed E-state index contributed by atoms with van der Waals surface area (Å²) in [7, 11) is 0. The zero-order chi connectivity index (χ0) is 31.1. The summed E-state index contributed by atoms with van der Waals surface area (Å²) < 4.78 is 5.72. The number of nitrogens with zero attached hydrogens (tertiary/aromatic N) is 2. The lowest BCUT2D eigenvalue weighted by atomic mass is 9.76. The van der Waals surface area contributed by atoms with E-state index in [1.54, 1.807) is 18.2 Å². The second-order valence-electron chi connectivity index (χ2n) is 11.5. The molecule has 226 valence electrons. The first-order valence-corrected chi connectivity index (χ1v) is 15.7. The Labute approximate surface area is 267 Å². The van der Waals surface area contributed by atoms with Gasteiger partial charge in [-0.05, 0) is 78.4 Å². The zero-order valence-electron chi connectivity index (χ0n) is 24.8. The zero-order valence-corrected chi connectivity index (χ0v) is 25.6. The summed E-state index contributed by atoms with van der Waals surface area (Å²) in [6.07, 6.45) is 3.26. The molecule has 0 bridgehead atoms. The van der Waals surface area contributed by atoms with Crippen LogP contribution in [0.4, 0.5) is 16.2 Å². The Hall–Kier alpha value is -4.88. The normalized spacial score (nSPS) is 20.2. The minimum absolute atomic E-state index is 0.0884. The summed E-state index contributed by atoms with van der Waals surface area (Å²) in [5.41, 5.74) is 6.45. The topological polar surface area (TPSA) is 79.0 Å². The molecule has 0 saturated carbocycles. The van der Waals surface area contributed by atoms with E-state index in [2.05, 4.69) is 34.5 Å². The quantitative estimate of drug-likeness (QED) is 0.182. The predicted octanol–water partition coefficient (Wildman–Crippen LogP) is 7.28. The molecule has 8 heteroatoms. The third-order valence-corrected chi connectivity index (χ3v) is 9.17. The van der Waals surface area contributed by atoms with Gasteiger partial charge in [0.1, 0.15) is 11.3 Å². The molecule has 4 aromatic rings. The summed E-state index contributed by atoms with van der Waals surface area (Å²) in [6, 6.07) is 28.9. The van der Waals surface area contributed by atoms with Crippen LogP contribution in [-0.4, -0.2) is 37.5 Å². The van der Waals surface area contributed by atoms with Crippen LogP contribution in [-0.2, 0) is 9.59 Å². The summed E-state index contributed by atoms with van der Waals surface area (Å²) in [6.45, 7) is 4.08. The summed E-state index contributed by atoms with van der Waals surface area (Å²) in [5, 5.41) is 2.83. The molecule has 1 fully saturated rings. The minimum Gasteiger partial charge on any atom is -0.493 e. The fraction of sp³-hybridized carbons (Fsp3) is 0.216. The van der Waals surface area contributed by atoms with Gasteiger partial charge < -0.3 is 9.64 Å². The molecule has 3 aliphatic heterocycles. The number of rotatable bonds is 6. The van der Waals surface area contributed by atoms with E-state index >= 15 is 0 Å². The molecule has 7 rings (SSSR count). The molecule has 0 spiro atoms. The van der Waals surface area contributed by atoms with Gasteiger partial charge >= 0.3 is 6.03 Å². The third kappa shape index (κ3) is 5.27. The highest BCUT2D eigenvalue weighted by Crippen LogP contribution is 2.50. The van der Waals surface area contributed by atoms with Crippen LogP contribution in [0.5, 0.6) is 5.75 Å². The highest BCUT2D eigenvalue weighted by Gasteiger charge is 2.40. The van der Waals surface area contributed by atoms with E-state index in [1.807, 2.05) is 55.5 Å². The Morgan fingerprint density at radius 3 is 2.02 bits per heavy atom. The first-order valence-electron chi connectivity index (χ1n) is 15.3. The predicted molar refractivity (Wildman–Crippen MR) is 176 cm³/mol. The van der Waals surface area contributed by atoms with E-state index in [0.717, 1.165) is 42.0 Å². The van der Waals surface area contributed by atoms with Gasteiger partial charge in [-0.15, -0.1) is 0 Å². The molecule has 1 saturated heterocycles. The van der Waals surface area contributed by atoms with Crippen molar-refractivity contribution < 1.29 is 19.1 Å². The van der Waals surface area contributed by atoms with Crippen LogP contribution >= 0.6 is 11.6 Å². The number of carbonyl (C=O) groups is 3. The number of barbiturate groups is 1. The van der Waals surface area contributed by atoms with E-state index in [-0.39, 0.29) is 17.4 Å². The molecule has 4 amide bonds. The van der Waals surface area contributed by atoms with Crippen molar-refractivity contribution in [2.75, 3.05) is 29.5 Å². The molecule has 2 atom stereocenters. The number of carbonyl (C=O) groups excluding carboxylic acids is 3. The maximum atomic E-state index is 14.1. The SMILES string of the molecule is CCOc1ccc(Cl)cc1/C=C1\C(=O)NC(=O)N(c2cc3c4c(c2)[C@@H](c2ccccc2)CCN4CC[C@@H]3c2ccccc2)C1=O. The Morgan fingerprint density at radius 1 is 0.844 bits per heavy atom. The van der Waals surface area contributed by atoms with Gasteiger partial charge in [0.15, 0.2) is 0 Å². The van der Waals surface area contributed by atoms with Gasteiger partial charge in [-0.3, -0.25) is 14.9 Å². The molecule has 0 unspecified atom stereocenters. The second kappa shape index (κ2) is 11.9. The monoisotopic (exact) mass is 617 g/mol. The molecule has 0 aliphatic carbocycles. The van der Waals surface area contributed by atoms with Gasteiger partial charge in [-0.1, -0.05) is 72.3 Å². The van der Waals surface area contributed by atoms with Crippen molar-refractivity contribution in [3.8, 4) is 5.75 Å². The number of nitrogens with one attached hydrogen (secondary N) is 1. The molecule has 3 heterocycles.